The summed E-state index contributed by atoms with van der Waals surface area (Å²) in [7, 11) is 0. The predicted octanol–water partition coefficient (Wildman–Crippen LogP) is 0.369. The Hall–Kier alpha value is -1.49. The number of rotatable bonds is 1. The zero-order valence-electron chi connectivity index (χ0n) is 6.83. The van der Waals surface area contributed by atoms with Crippen LogP contribution in [0.1, 0.15) is 0 Å². The minimum atomic E-state index is -1.17. The Balaban J connectivity index is 2.78. The van der Waals surface area contributed by atoms with Gasteiger partial charge >= 0.3 is 0 Å². The van der Waals surface area contributed by atoms with E-state index in [0.29, 0.717) is 4.90 Å². The highest BCUT2D eigenvalue weighted by atomic mass is 19.1. The molecule has 0 atom stereocenters. The fourth-order valence-corrected chi connectivity index (χ4v) is 0.820. The van der Waals surface area contributed by atoms with E-state index in [1.807, 2.05) is 0 Å². The summed E-state index contributed by atoms with van der Waals surface area (Å²) in [5.41, 5.74) is 0. The van der Waals surface area contributed by atoms with Gasteiger partial charge in [0.2, 0.25) is 0 Å². The van der Waals surface area contributed by atoms with Crippen molar-refractivity contribution in [3.05, 3.63) is 24.6 Å². The molecule has 2 amide bonds. The van der Waals surface area contributed by atoms with E-state index in [1.54, 1.807) is 0 Å². The quantitative estimate of drug-likeness (QED) is 0.554. The molecule has 0 aromatic rings. The average Bonchev–Trinajstić information content (AvgIpc) is 2.28. The first-order valence-electron chi connectivity index (χ1n) is 3.57. The lowest BCUT2D eigenvalue weighted by Gasteiger charge is -2.15. The lowest BCUT2D eigenvalue weighted by atomic mass is 10.4. The van der Waals surface area contributed by atoms with Crippen LogP contribution < -0.4 is 0 Å². The minimum absolute atomic E-state index is 0.230. The highest BCUT2D eigenvalue weighted by molar-refractivity contribution is 6.06. The van der Waals surface area contributed by atoms with E-state index in [9.17, 15) is 14.0 Å². The standard InChI is InChI=1S/C8H8FNO3/c1-6(9)8(12)10-5-13-4-2-3-7(10)11/h2-3H,1,4-5H2. The lowest BCUT2D eigenvalue weighted by molar-refractivity contribution is -0.145. The molecule has 1 rings (SSSR count). The monoisotopic (exact) mass is 185 g/mol. The van der Waals surface area contributed by atoms with Gasteiger partial charge in [0.1, 0.15) is 6.73 Å². The second kappa shape index (κ2) is 3.95. The molecule has 0 saturated heterocycles. The van der Waals surface area contributed by atoms with Crippen molar-refractivity contribution in [3.8, 4) is 0 Å². The third kappa shape index (κ3) is 2.22. The molecule has 1 aliphatic rings. The average molecular weight is 185 g/mol. The molecule has 0 bridgehead atoms. The molecule has 1 heterocycles. The van der Waals surface area contributed by atoms with Crippen LogP contribution in [0.3, 0.4) is 0 Å². The van der Waals surface area contributed by atoms with Crippen LogP contribution >= 0.6 is 0 Å². The zero-order valence-corrected chi connectivity index (χ0v) is 6.83. The van der Waals surface area contributed by atoms with E-state index in [4.69, 9.17) is 4.74 Å². The Kier molecular flexibility index (Phi) is 2.92. The lowest BCUT2D eigenvalue weighted by Crippen LogP contribution is -2.36. The van der Waals surface area contributed by atoms with Crippen molar-refractivity contribution < 1.29 is 18.7 Å². The first-order chi connectivity index (χ1) is 6.13. The molecule has 4 nitrogen and oxygen atoms in total. The fraction of sp³-hybridized carbons (Fsp3) is 0.250. The van der Waals surface area contributed by atoms with Crippen molar-refractivity contribution >= 4 is 11.8 Å². The maximum atomic E-state index is 12.4. The minimum Gasteiger partial charge on any atom is -0.356 e. The maximum Gasteiger partial charge on any atom is 0.290 e. The van der Waals surface area contributed by atoms with Gasteiger partial charge in [-0.1, -0.05) is 12.7 Å². The van der Waals surface area contributed by atoms with Gasteiger partial charge in [0.25, 0.3) is 11.8 Å². The van der Waals surface area contributed by atoms with Gasteiger partial charge in [-0.3, -0.25) is 9.59 Å². The smallest absolute Gasteiger partial charge is 0.290 e. The number of hydrogen-bond donors (Lipinski definition) is 0. The second-order valence-corrected chi connectivity index (χ2v) is 2.38. The summed E-state index contributed by atoms with van der Waals surface area (Å²) < 4.78 is 17.2. The highest BCUT2D eigenvalue weighted by Crippen LogP contribution is 2.04. The Morgan fingerprint density at radius 2 is 2.38 bits per heavy atom. The van der Waals surface area contributed by atoms with E-state index in [-0.39, 0.29) is 13.3 Å². The molecule has 1 aliphatic heterocycles. The summed E-state index contributed by atoms with van der Waals surface area (Å²) >= 11 is 0. The summed E-state index contributed by atoms with van der Waals surface area (Å²) in [6.07, 6.45) is 2.62. The summed E-state index contributed by atoms with van der Waals surface area (Å²) in [4.78, 5) is 22.7. The van der Waals surface area contributed by atoms with Crippen molar-refractivity contribution in [2.24, 2.45) is 0 Å². The van der Waals surface area contributed by atoms with Crippen LogP contribution in [-0.4, -0.2) is 30.1 Å². The Morgan fingerprint density at radius 3 is 3.00 bits per heavy atom. The Bertz CT molecular complexity index is 285. The summed E-state index contributed by atoms with van der Waals surface area (Å²) in [6, 6.07) is 0. The normalized spacial score (nSPS) is 17.0. The van der Waals surface area contributed by atoms with Gasteiger partial charge in [0, 0.05) is 6.08 Å². The molecule has 0 aromatic carbocycles. The van der Waals surface area contributed by atoms with E-state index < -0.39 is 17.6 Å². The molecule has 13 heavy (non-hydrogen) atoms. The third-order valence-electron chi connectivity index (χ3n) is 1.44. The van der Waals surface area contributed by atoms with Crippen molar-refractivity contribution in [1.82, 2.24) is 4.90 Å². The molecular formula is C8H8FNO3. The maximum absolute atomic E-state index is 12.4. The van der Waals surface area contributed by atoms with Crippen LogP contribution in [0.5, 0.6) is 0 Å². The molecule has 70 valence electrons. The van der Waals surface area contributed by atoms with Crippen LogP contribution in [0.25, 0.3) is 0 Å². The largest absolute Gasteiger partial charge is 0.356 e. The van der Waals surface area contributed by atoms with E-state index in [1.165, 1.54) is 6.08 Å². The number of hydrogen-bond acceptors (Lipinski definition) is 3. The van der Waals surface area contributed by atoms with Gasteiger partial charge in [-0.15, -0.1) is 0 Å². The number of ether oxygens (including phenoxy) is 1. The SMILES string of the molecule is C=C(F)C(=O)N1COCC=CC1=O. The summed E-state index contributed by atoms with van der Waals surface area (Å²) in [5.74, 6) is -2.83. The second-order valence-electron chi connectivity index (χ2n) is 2.38. The highest BCUT2D eigenvalue weighted by Gasteiger charge is 2.23. The molecule has 0 spiro atoms. The molecular weight excluding hydrogens is 177 g/mol. The van der Waals surface area contributed by atoms with Crippen LogP contribution in [-0.2, 0) is 14.3 Å². The number of halogens is 1. The Morgan fingerprint density at radius 1 is 1.69 bits per heavy atom. The number of nitrogens with zero attached hydrogens (tertiary/aromatic N) is 1. The van der Waals surface area contributed by atoms with E-state index in [0.717, 1.165) is 6.08 Å². The van der Waals surface area contributed by atoms with Crippen molar-refractivity contribution in [3.63, 3.8) is 0 Å². The van der Waals surface area contributed by atoms with Crippen molar-refractivity contribution in [2.45, 2.75) is 0 Å². The first kappa shape index (κ1) is 9.60. The van der Waals surface area contributed by atoms with Gasteiger partial charge in [-0.2, -0.15) is 0 Å². The van der Waals surface area contributed by atoms with Crippen molar-refractivity contribution in [1.29, 1.82) is 0 Å². The molecule has 0 fully saturated rings. The molecule has 0 unspecified atom stereocenters. The number of imide groups is 1. The fourth-order valence-electron chi connectivity index (χ4n) is 0.820. The molecule has 0 radical (unpaired) electrons. The van der Waals surface area contributed by atoms with Gasteiger partial charge in [-0.25, -0.2) is 9.29 Å². The van der Waals surface area contributed by atoms with Gasteiger partial charge in [0.15, 0.2) is 5.83 Å². The summed E-state index contributed by atoms with van der Waals surface area (Å²) in [6.45, 7) is 2.79. The topological polar surface area (TPSA) is 46.6 Å². The molecule has 0 N–H and O–H groups in total. The third-order valence-corrected chi connectivity index (χ3v) is 1.44. The molecule has 0 aromatic heterocycles. The van der Waals surface area contributed by atoms with Crippen LogP contribution in [0.4, 0.5) is 4.39 Å². The zero-order chi connectivity index (χ0) is 9.84. The Labute approximate surface area is 74.3 Å². The predicted molar refractivity (Wildman–Crippen MR) is 42.1 cm³/mol. The van der Waals surface area contributed by atoms with Crippen LogP contribution in [0.15, 0.2) is 24.6 Å². The first-order valence-corrected chi connectivity index (χ1v) is 3.57. The molecule has 0 saturated carbocycles. The van der Waals surface area contributed by atoms with Gasteiger partial charge < -0.3 is 4.74 Å². The number of amides is 2. The molecule has 0 aliphatic carbocycles. The van der Waals surface area contributed by atoms with Crippen molar-refractivity contribution in [2.75, 3.05) is 13.3 Å². The molecule has 5 heteroatoms. The van der Waals surface area contributed by atoms with Crippen LogP contribution in [0.2, 0.25) is 0 Å². The van der Waals surface area contributed by atoms with E-state index >= 15 is 0 Å². The van der Waals surface area contributed by atoms with Gasteiger partial charge in [-0.05, 0) is 0 Å². The summed E-state index contributed by atoms with van der Waals surface area (Å²) in [5, 5.41) is 0. The van der Waals surface area contributed by atoms with E-state index in [2.05, 4.69) is 6.58 Å². The number of carbonyl (C=O) groups excluding carboxylic acids is 2. The number of carbonyl (C=O) groups is 2. The van der Waals surface area contributed by atoms with Gasteiger partial charge in [0.05, 0.1) is 6.61 Å². The van der Waals surface area contributed by atoms with Crippen LogP contribution in [0, 0.1) is 0 Å².